The second kappa shape index (κ2) is 8.85. The fourth-order valence-electron chi connectivity index (χ4n) is 3.28. The molecular weight excluding hydrogens is 415 g/mol. The summed E-state index contributed by atoms with van der Waals surface area (Å²) in [5.41, 5.74) is 4.68. The summed E-state index contributed by atoms with van der Waals surface area (Å²) >= 11 is 1.57. The monoisotopic (exact) mass is 436 g/mol. The van der Waals surface area contributed by atoms with Crippen molar-refractivity contribution >= 4 is 23.4 Å². The molecular formula is C23H21FN4O2S. The Kier molecular flexibility index (Phi) is 5.99. The summed E-state index contributed by atoms with van der Waals surface area (Å²) in [4.78, 5) is 13.6. The molecule has 0 amide bonds. The zero-order valence-corrected chi connectivity index (χ0v) is 18.2. The van der Waals surface area contributed by atoms with Crippen molar-refractivity contribution in [2.45, 2.75) is 31.4 Å². The van der Waals surface area contributed by atoms with Crippen molar-refractivity contribution in [2.24, 2.45) is 0 Å². The number of benzene rings is 2. The van der Waals surface area contributed by atoms with Crippen molar-refractivity contribution in [1.29, 1.82) is 0 Å². The van der Waals surface area contributed by atoms with Gasteiger partial charge < -0.3 is 4.74 Å². The van der Waals surface area contributed by atoms with Gasteiger partial charge >= 0.3 is 5.97 Å². The van der Waals surface area contributed by atoms with Crippen molar-refractivity contribution < 1.29 is 13.9 Å². The summed E-state index contributed by atoms with van der Waals surface area (Å²) in [6.07, 6.45) is 0. The molecule has 2 aromatic heterocycles. The number of ether oxygens (including phenoxy) is 1. The zero-order valence-electron chi connectivity index (χ0n) is 17.4. The van der Waals surface area contributed by atoms with Gasteiger partial charge in [0.05, 0.1) is 23.6 Å². The second-order valence-electron chi connectivity index (χ2n) is 7.02. The van der Waals surface area contributed by atoms with Gasteiger partial charge in [-0.3, -0.25) is 0 Å². The number of aromatic nitrogens is 4. The predicted molar refractivity (Wildman–Crippen MR) is 118 cm³/mol. The van der Waals surface area contributed by atoms with Crippen LogP contribution >= 0.6 is 11.8 Å². The van der Waals surface area contributed by atoms with E-state index in [2.05, 4.69) is 15.3 Å². The molecule has 2 heterocycles. The Balaban J connectivity index is 1.82. The van der Waals surface area contributed by atoms with Gasteiger partial charge in [-0.25, -0.2) is 13.7 Å². The Morgan fingerprint density at radius 1 is 1.06 bits per heavy atom. The third kappa shape index (κ3) is 4.29. The number of hydrogen-bond acceptors (Lipinski definition) is 6. The summed E-state index contributed by atoms with van der Waals surface area (Å²) in [6.45, 7) is 5.87. The van der Waals surface area contributed by atoms with Gasteiger partial charge in [-0.05, 0) is 50.6 Å². The average Bonchev–Trinajstić information content (AvgIpc) is 3.10. The number of carbonyl (C=O) groups is 1. The molecule has 0 aliphatic heterocycles. The Bertz CT molecular complexity index is 1240. The molecule has 0 radical (unpaired) electrons. The van der Waals surface area contributed by atoms with Crippen LogP contribution in [-0.4, -0.2) is 32.4 Å². The molecule has 31 heavy (non-hydrogen) atoms. The summed E-state index contributed by atoms with van der Waals surface area (Å²) in [5.74, 6) is -0.399. The molecule has 2 aromatic carbocycles. The Labute approximate surface area is 183 Å². The van der Waals surface area contributed by atoms with E-state index in [1.807, 2.05) is 38.1 Å². The molecule has 0 saturated heterocycles. The number of hydrogen-bond donors (Lipinski definition) is 0. The van der Waals surface area contributed by atoms with Crippen LogP contribution in [-0.2, 0) is 10.5 Å². The molecule has 0 bridgehead atoms. The van der Waals surface area contributed by atoms with Gasteiger partial charge in [0.1, 0.15) is 5.82 Å². The number of halogens is 1. The van der Waals surface area contributed by atoms with Gasteiger partial charge in [-0.2, -0.15) is 5.10 Å². The van der Waals surface area contributed by atoms with E-state index >= 15 is 0 Å². The van der Waals surface area contributed by atoms with Crippen molar-refractivity contribution in [3.8, 4) is 11.1 Å². The fourth-order valence-corrected chi connectivity index (χ4v) is 4.17. The van der Waals surface area contributed by atoms with Crippen molar-refractivity contribution in [3.63, 3.8) is 0 Å². The molecule has 0 saturated carbocycles. The van der Waals surface area contributed by atoms with E-state index in [0.717, 1.165) is 16.0 Å². The highest BCUT2D eigenvalue weighted by Gasteiger charge is 2.23. The van der Waals surface area contributed by atoms with Crippen LogP contribution in [0.1, 0.15) is 34.4 Å². The largest absolute Gasteiger partial charge is 0.461 e. The van der Waals surface area contributed by atoms with E-state index in [4.69, 9.17) is 4.74 Å². The minimum atomic E-state index is -0.534. The Morgan fingerprint density at radius 2 is 1.77 bits per heavy atom. The van der Waals surface area contributed by atoms with Gasteiger partial charge in [0.2, 0.25) is 0 Å². The molecule has 0 unspecified atom stereocenters. The Morgan fingerprint density at radius 3 is 2.45 bits per heavy atom. The lowest BCUT2D eigenvalue weighted by Gasteiger charge is -2.10. The molecule has 0 fully saturated rings. The number of carbonyl (C=O) groups excluding carboxylic acids is 1. The summed E-state index contributed by atoms with van der Waals surface area (Å²) in [7, 11) is 0. The number of rotatable bonds is 6. The molecule has 0 atom stereocenters. The Hall–Kier alpha value is -3.26. The molecule has 0 N–H and O–H groups in total. The van der Waals surface area contributed by atoms with Crippen molar-refractivity contribution in [1.82, 2.24) is 19.8 Å². The molecule has 0 aliphatic carbocycles. The summed E-state index contributed by atoms with van der Waals surface area (Å²) < 4.78 is 20.2. The van der Waals surface area contributed by atoms with E-state index in [-0.39, 0.29) is 18.1 Å². The normalized spacial score (nSPS) is 11.1. The first-order chi connectivity index (χ1) is 15.0. The molecule has 4 rings (SSSR count). The standard InChI is InChI=1S/C23H21FN4O2S/c1-4-30-23(29)21-19(13-31-18-11-5-14(2)6-12-18)28-22(26-25-21)20(15(3)27-28)16-7-9-17(24)10-8-16/h5-12H,4,13H2,1-3H3. The highest BCUT2D eigenvalue weighted by molar-refractivity contribution is 7.98. The van der Waals surface area contributed by atoms with E-state index in [1.54, 1.807) is 35.3 Å². The van der Waals surface area contributed by atoms with E-state index in [9.17, 15) is 9.18 Å². The topological polar surface area (TPSA) is 69.4 Å². The first-order valence-corrected chi connectivity index (χ1v) is 10.8. The van der Waals surface area contributed by atoms with Crippen molar-refractivity contribution in [2.75, 3.05) is 6.61 Å². The van der Waals surface area contributed by atoms with E-state index in [1.165, 1.54) is 17.7 Å². The molecule has 0 spiro atoms. The van der Waals surface area contributed by atoms with Gasteiger partial charge in [-0.15, -0.1) is 22.0 Å². The quantitative estimate of drug-likeness (QED) is 0.312. The van der Waals surface area contributed by atoms with Crippen LogP contribution in [0.15, 0.2) is 53.4 Å². The SMILES string of the molecule is CCOC(=O)c1nnc2c(-c3ccc(F)cc3)c(C)nn2c1CSc1ccc(C)cc1. The first-order valence-electron chi connectivity index (χ1n) is 9.85. The van der Waals surface area contributed by atoms with Crippen molar-refractivity contribution in [3.05, 3.63) is 77.0 Å². The lowest BCUT2D eigenvalue weighted by Crippen LogP contribution is -2.16. The average molecular weight is 437 g/mol. The fraction of sp³-hybridized carbons (Fsp3) is 0.217. The van der Waals surface area contributed by atoms with Gasteiger partial charge in [0.15, 0.2) is 11.3 Å². The molecule has 158 valence electrons. The van der Waals surface area contributed by atoms with Gasteiger partial charge in [-0.1, -0.05) is 29.8 Å². The van der Waals surface area contributed by atoms with Gasteiger partial charge in [0.25, 0.3) is 0 Å². The van der Waals surface area contributed by atoms with Crippen LogP contribution in [0.3, 0.4) is 0 Å². The lowest BCUT2D eigenvalue weighted by molar-refractivity contribution is 0.0516. The maximum absolute atomic E-state index is 13.4. The highest BCUT2D eigenvalue weighted by atomic mass is 32.2. The number of esters is 1. The third-order valence-corrected chi connectivity index (χ3v) is 5.83. The second-order valence-corrected chi connectivity index (χ2v) is 8.07. The summed E-state index contributed by atoms with van der Waals surface area (Å²) in [6, 6.07) is 14.3. The molecule has 8 heteroatoms. The smallest absolute Gasteiger partial charge is 0.360 e. The maximum atomic E-state index is 13.4. The molecule has 6 nitrogen and oxygen atoms in total. The lowest BCUT2D eigenvalue weighted by atomic mass is 10.1. The van der Waals surface area contributed by atoms with E-state index in [0.29, 0.717) is 22.8 Å². The number of thioether (sulfide) groups is 1. The van der Waals surface area contributed by atoms with Crippen LogP contribution in [0.4, 0.5) is 4.39 Å². The molecule has 4 aromatic rings. The predicted octanol–water partition coefficient (Wildman–Crippen LogP) is 5.02. The van der Waals surface area contributed by atoms with Crippen LogP contribution < -0.4 is 0 Å². The molecule has 0 aliphatic rings. The summed E-state index contributed by atoms with van der Waals surface area (Å²) in [5, 5.41) is 13.1. The third-order valence-electron chi connectivity index (χ3n) is 4.81. The number of aryl methyl sites for hydroxylation is 2. The minimum absolute atomic E-state index is 0.141. The van der Waals surface area contributed by atoms with E-state index < -0.39 is 5.97 Å². The number of fused-ring (bicyclic) bond motifs is 1. The van der Waals surface area contributed by atoms with Crippen LogP contribution in [0.5, 0.6) is 0 Å². The van der Waals surface area contributed by atoms with Crippen LogP contribution in [0.2, 0.25) is 0 Å². The number of nitrogens with zero attached hydrogens (tertiary/aromatic N) is 4. The first kappa shape index (κ1) is 21.0. The maximum Gasteiger partial charge on any atom is 0.360 e. The van der Waals surface area contributed by atoms with Crippen LogP contribution in [0, 0.1) is 19.7 Å². The van der Waals surface area contributed by atoms with Gasteiger partial charge in [0, 0.05) is 10.6 Å². The minimum Gasteiger partial charge on any atom is -0.461 e. The zero-order chi connectivity index (χ0) is 22.0. The highest BCUT2D eigenvalue weighted by Crippen LogP contribution is 2.30. The van der Waals surface area contributed by atoms with Crippen LogP contribution in [0.25, 0.3) is 16.8 Å².